The highest BCUT2D eigenvalue weighted by molar-refractivity contribution is 9.09. The summed E-state index contributed by atoms with van der Waals surface area (Å²) in [6.07, 6.45) is 4.59. The average molecular weight is 359 g/mol. The molecule has 1 nitrogen and oxygen atoms in total. The van der Waals surface area contributed by atoms with E-state index in [2.05, 4.69) is 71.4 Å². The van der Waals surface area contributed by atoms with E-state index in [1.54, 1.807) is 0 Å². The van der Waals surface area contributed by atoms with E-state index in [0.29, 0.717) is 10.7 Å². The van der Waals surface area contributed by atoms with Gasteiger partial charge in [0, 0.05) is 4.83 Å². The molecule has 0 aliphatic heterocycles. The zero-order valence-corrected chi connectivity index (χ0v) is 14.7. The van der Waals surface area contributed by atoms with Gasteiger partial charge in [0.25, 0.3) is 0 Å². The third-order valence-corrected chi connectivity index (χ3v) is 5.30. The van der Waals surface area contributed by atoms with Crippen LogP contribution in [0, 0.1) is 0 Å². The molecule has 1 aliphatic rings. The number of benzene rings is 2. The quantitative estimate of drug-likeness (QED) is 0.452. The van der Waals surface area contributed by atoms with Crippen molar-refractivity contribution in [1.29, 1.82) is 0 Å². The summed E-state index contributed by atoms with van der Waals surface area (Å²) in [7, 11) is 0. The van der Waals surface area contributed by atoms with E-state index >= 15 is 0 Å². The number of alkyl halides is 1. The van der Waals surface area contributed by atoms with Crippen LogP contribution in [0.2, 0.25) is 0 Å². The lowest BCUT2D eigenvalue weighted by Crippen LogP contribution is -2.00. The molecule has 2 aromatic carbocycles. The van der Waals surface area contributed by atoms with Gasteiger partial charge in [-0.25, -0.2) is 0 Å². The molecule has 116 valence electrons. The fourth-order valence-corrected chi connectivity index (χ4v) is 4.07. The molecule has 0 saturated carbocycles. The molecule has 2 aromatic rings. The Hall–Kier alpha value is -1.28. The fraction of sp³-hybridized carbons (Fsp3) is 0.400. The summed E-state index contributed by atoms with van der Waals surface area (Å²) in [6, 6.07) is 17.5. The molecule has 2 heteroatoms. The minimum Gasteiger partial charge on any atom is -0.494 e. The Morgan fingerprint density at radius 2 is 1.77 bits per heavy atom. The Bertz CT molecular complexity index is 605. The number of unbranched alkanes of at least 4 members (excludes halogenated alkanes) is 1. The predicted octanol–water partition coefficient (Wildman–Crippen LogP) is 6.03. The van der Waals surface area contributed by atoms with Gasteiger partial charge in [-0.05, 0) is 54.0 Å². The topological polar surface area (TPSA) is 9.23 Å². The lowest BCUT2D eigenvalue weighted by atomic mass is 9.94. The van der Waals surface area contributed by atoms with Crippen molar-refractivity contribution in [1.82, 2.24) is 0 Å². The van der Waals surface area contributed by atoms with Crippen molar-refractivity contribution in [3.8, 4) is 5.75 Å². The van der Waals surface area contributed by atoms with Crippen molar-refractivity contribution in [2.45, 2.75) is 43.4 Å². The van der Waals surface area contributed by atoms with E-state index in [4.69, 9.17) is 4.74 Å². The lowest BCUT2D eigenvalue weighted by Gasteiger charge is -2.12. The lowest BCUT2D eigenvalue weighted by molar-refractivity contribution is 0.309. The monoisotopic (exact) mass is 358 g/mol. The van der Waals surface area contributed by atoms with Gasteiger partial charge in [-0.3, -0.25) is 0 Å². The maximum absolute atomic E-state index is 5.74. The van der Waals surface area contributed by atoms with Gasteiger partial charge < -0.3 is 4.74 Å². The molecule has 0 radical (unpaired) electrons. The molecule has 2 atom stereocenters. The van der Waals surface area contributed by atoms with Crippen molar-refractivity contribution >= 4 is 15.9 Å². The molecule has 0 spiro atoms. The van der Waals surface area contributed by atoms with E-state index in [9.17, 15) is 0 Å². The molecule has 2 unspecified atom stereocenters. The van der Waals surface area contributed by atoms with Crippen LogP contribution in [-0.4, -0.2) is 6.61 Å². The van der Waals surface area contributed by atoms with Crippen molar-refractivity contribution < 1.29 is 4.74 Å². The van der Waals surface area contributed by atoms with E-state index in [0.717, 1.165) is 25.2 Å². The molecule has 1 aliphatic carbocycles. The van der Waals surface area contributed by atoms with Crippen LogP contribution in [0.3, 0.4) is 0 Å². The zero-order valence-electron chi connectivity index (χ0n) is 13.1. The second-order valence-electron chi connectivity index (χ2n) is 6.08. The Morgan fingerprint density at radius 3 is 2.50 bits per heavy atom. The number of fused-ring (bicyclic) bond motifs is 1. The highest BCUT2D eigenvalue weighted by Gasteiger charge is 2.28. The molecule has 3 rings (SSSR count). The van der Waals surface area contributed by atoms with Crippen LogP contribution >= 0.6 is 15.9 Å². The van der Waals surface area contributed by atoms with E-state index in [-0.39, 0.29) is 0 Å². The van der Waals surface area contributed by atoms with Crippen LogP contribution in [0.15, 0.2) is 48.5 Å². The first kappa shape index (κ1) is 15.6. The van der Waals surface area contributed by atoms with Crippen molar-refractivity contribution in [3.63, 3.8) is 0 Å². The first-order chi connectivity index (χ1) is 10.8. The number of rotatable bonds is 6. The number of hydrogen-bond acceptors (Lipinski definition) is 1. The summed E-state index contributed by atoms with van der Waals surface area (Å²) in [5, 5.41) is 0. The Labute approximate surface area is 141 Å². The molecule has 0 fully saturated rings. The molecule has 0 bridgehead atoms. The van der Waals surface area contributed by atoms with Gasteiger partial charge >= 0.3 is 0 Å². The molecule has 22 heavy (non-hydrogen) atoms. The highest BCUT2D eigenvalue weighted by Crippen LogP contribution is 2.46. The standard InChI is InChI=1S/C20H23BrO/c1-2-3-12-22-17-10-8-15(9-11-17)13-16-14-20(21)19-7-5-4-6-18(16)19/h4-11,16,20H,2-3,12-14H2,1H3. The van der Waals surface area contributed by atoms with Crippen LogP contribution in [0.4, 0.5) is 0 Å². The second-order valence-corrected chi connectivity index (χ2v) is 7.18. The van der Waals surface area contributed by atoms with Crippen LogP contribution in [0.5, 0.6) is 5.75 Å². The van der Waals surface area contributed by atoms with E-state index < -0.39 is 0 Å². The molecule has 0 aromatic heterocycles. The van der Waals surface area contributed by atoms with Gasteiger partial charge in [0.15, 0.2) is 0 Å². The number of hydrogen-bond donors (Lipinski definition) is 0. The van der Waals surface area contributed by atoms with Gasteiger partial charge in [-0.2, -0.15) is 0 Å². The van der Waals surface area contributed by atoms with Gasteiger partial charge in [0.1, 0.15) is 5.75 Å². The Balaban J connectivity index is 1.64. The fourth-order valence-electron chi connectivity index (χ4n) is 3.21. The molecular formula is C20H23BrO. The Kier molecular flexibility index (Phi) is 5.20. The van der Waals surface area contributed by atoms with Gasteiger partial charge in [-0.15, -0.1) is 0 Å². The van der Waals surface area contributed by atoms with Crippen LogP contribution in [0.1, 0.15) is 53.6 Å². The van der Waals surface area contributed by atoms with Crippen molar-refractivity contribution in [2.75, 3.05) is 6.61 Å². The minimum atomic E-state index is 0.505. The third kappa shape index (κ3) is 3.55. The summed E-state index contributed by atoms with van der Waals surface area (Å²) in [5.41, 5.74) is 4.36. The number of ether oxygens (including phenoxy) is 1. The maximum Gasteiger partial charge on any atom is 0.119 e. The zero-order chi connectivity index (χ0) is 15.4. The first-order valence-corrected chi connectivity index (χ1v) is 9.14. The first-order valence-electron chi connectivity index (χ1n) is 8.22. The third-order valence-electron chi connectivity index (χ3n) is 4.44. The van der Waals surface area contributed by atoms with Crippen LogP contribution in [0.25, 0.3) is 0 Å². The van der Waals surface area contributed by atoms with Crippen LogP contribution in [-0.2, 0) is 6.42 Å². The highest BCUT2D eigenvalue weighted by atomic mass is 79.9. The SMILES string of the molecule is CCCCOc1ccc(CC2CC(Br)c3ccccc32)cc1. The van der Waals surface area contributed by atoms with E-state index in [1.165, 1.54) is 29.5 Å². The summed E-state index contributed by atoms with van der Waals surface area (Å²) >= 11 is 3.82. The Morgan fingerprint density at radius 1 is 1.05 bits per heavy atom. The predicted molar refractivity (Wildman–Crippen MR) is 96.0 cm³/mol. The molecule has 0 heterocycles. The molecular weight excluding hydrogens is 336 g/mol. The summed E-state index contributed by atoms with van der Waals surface area (Å²) in [5.74, 6) is 1.61. The van der Waals surface area contributed by atoms with Crippen LogP contribution < -0.4 is 4.74 Å². The largest absolute Gasteiger partial charge is 0.494 e. The van der Waals surface area contributed by atoms with Gasteiger partial charge in [-0.1, -0.05) is 65.7 Å². The number of halogens is 1. The average Bonchev–Trinajstić information content (AvgIpc) is 2.86. The van der Waals surface area contributed by atoms with Gasteiger partial charge in [0.2, 0.25) is 0 Å². The summed E-state index contributed by atoms with van der Waals surface area (Å²) in [4.78, 5) is 0.505. The maximum atomic E-state index is 5.74. The van der Waals surface area contributed by atoms with Gasteiger partial charge in [0.05, 0.1) is 6.61 Å². The minimum absolute atomic E-state index is 0.505. The smallest absolute Gasteiger partial charge is 0.119 e. The van der Waals surface area contributed by atoms with Crippen molar-refractivity contribution in [2.24, 2.45) is 0 Å². The van der Waals surface area contributed by atoms with Crippen molar-refractivity contribution in [3.05, 3.63) is 65.2 Å². The van der Waals surface area contributed by atoms with E-state index in [1.807, 2.05) is 0 Å². The second kappa shape index (κ2) is 7.32. The molecule has 0 amide bonds. The molecule has 0 saturated heterocycles. The summed E-state index contributed by atoms with van der Waals surface area (Å²) < 4.78 is 5.74. The molecule has 0 N–H and O–H groups in total. The normalized spacial score (nSPS) is 19.9. The summed E-state index contributed by atoms with van der Waals surface area (Å²) in [6.45, 7) is 3.00.